The number of anilines is 1. The Kier molecular flexibility index (Phi) is 8.06. The zero-order valence-corrected chi connectivity index (χ0v) is 25.6. The number of benzene rings is 2. The Morgan fingerprint density at radius 3 is 2.60 bits per heavy atom. The molecule has 1 saturated heterocycles. The molecule has 0 saturated carbocycles. The molecule has 6 rings (SSSR count). The number of nitrogens with zero attached hydrogens (tertiary/aromatic N) is 7. The first-order valence-corrected chi connectivity index (χ1v) is 15.2. The summed E-state index contributed by atoms with van der Waals surface area (Å²) in [5.74, 6) is 6.95. The Morgan fingerprint density at radius 2 is 1.81 bits per heavy atom. The van der Waals surface area contributed by atoms with Gasteiger partial charge in [-0.3, -0.25) is 18.5 Å². The van der Waals surface area contributed by atoms with Crippen LogP contribution in [0.3, 0.4) is 0 Å². The van der Waals surface area contributed by atoms with Crippen molar-refractivity contribution in [2.45, 2.75) is 57.6 Å². The molecular formula is C32H34N8O2S. The summed E-state index contributed by atoms with van der Waals surface area (Å²) < 4.78 is 6.77. The summed E-state index contributed by atoms with van der Waals surface area (Å²) in [6.45, 7) is 7.78. The van der Waals surface area contributed by atoms with Gasteiger partial charge in [0.15, 0.2) is 11.2 Å². The van der Waals surface area contributed by atoms with Crippen molar-refractivity contribution in [3.05, 3.63) is 86.5 Å². The van der Waals surface area contributed by atoms with E-state index in [1.165, 1.54) is 19.6 Å². The Balaban J connectivity index is 1.34. The maximum absolute atomic E-state index is 14.0. The number of aryl methyl sites for hydroxylation is 3. The van der Waals surface area contributed by atoms with Crippen LogP contribution in [0.5, 0.6) is 0 Å². The molecule has 1 N–H and O–H groups in total. The van der Waals surface area contributed by atoms with E-state index in [9.17, 15) is 9.59 Å². The van der Waals surface area contributed by atoms with E-state index in [2.05, 4.69) is 62.6 Å². The van der Waals surface area contributed by atoms with Crippen LogP contribution in [-0.4, -0.2) is 52.1 Å². The minimum atomic E-state index is -0.469. The number of hydrogen-bond acceptors (Lipinski definition) is 8. The lowest BCUT2D eigenvalue weighted by Crippen LogP contribution is -2.40. The molecule has 0 radical (unpaired) electrons. The van der Waals surface area contributed by atoms with Gasteiger partial charge in [0, 0.05) is 42.2 Å². The summed E-state index contributed by atoms with van der Waals surface area (Å²) in [6.07, 6.45) is 2.00. The van der Waals surface area contributed by atoms with Crippen LogP contribution >= 0.6 is 11.9 Å². The highest BCUT2D eigenvalue weighted by atomic mass is 32.2. The zero-order valence-electron chi connectivity index (χ0n) is 24.8. The van der Waals surface area contributed by atoms with E-state index in [1.807, 2.05) is 31.2 Å². The smallest absolute Gasteiger partial charge is 0.332 e. The number of nitrogens with one attached hydrogen (secondary N) is 1. The van der Waals surface area contributed by atoms with Gasteiger partial charge in [-0.2, -0.15) is 4.98 Å². The summed E-state index contributed by atoms with van der Waals surface area (Å²) >= 11 is 1.76. The molecule has 1 fully saturated rings. The summed E-state index contributed by atoms with van der Waals surface area (Å²) in [4.78, 5) is 42.7. The third-order valence-corrected chi connectivity index (χ3v) is 8.83. The minimum Gasteiger partial charge on any atom is -0.351 e. The van der Waals surface area contributed by atoms with Crippen LogP contribution in [0.2, 0.25) is 0 Å². The number of fused-ring (bicyclic) bond motifs is 2. The van der Waals surface area contributed by atoms with Gasteiger partial charge in [-0.25, -0.2) is 19.1 Å². The van der Waals surface area contributed by atoms with Crippen LogP contribution in [0.15, 0.2) is 63.0 Å². The molecule has 220 valence electrons. The number of para-hydroxylation sites is 1. The number of hydrogen-bond donors (Lipinski definition) is 1. The average Bonchev–Trinajstić information content (AvgIpc) is 3.36. The van der Waals surface area contributed by atoms with Gasteiger partial charge in [-0.15, -0.1) is 5.92 Å². The minimum absolute atomic E-state index is 0.0473. The van der Waals surface area contributed by atoms with Crippen LogP contribution in [0.4, 0.5) is 5.95 Å². The molecule has 0 spiro atoms. The first-order valence-electron chi connectivity index (χ1n) is 14.4. The molecule has 10 nitrogen and oxygen atoms in total. The normalized spacial score (nSPS) is 15.5. The second kappa shape index (κ2) is 12.1. The maximum atomic E-state index is 14.0. The van der Waals surface area contributed by atoms with E-state index < -0.39 is 11.2 Å². The summed E-state index contributed by atoms with van der Waals surface area (Å²) in [7, 11) is 1.64. The molecule has 0 bridgehead atoms. The fourth-order valence-electron chi connectivity index (χ4n) is 5.51. The molecule has 1 aliphatic rings. The van der Waals surface area contributed by atoms with Crippen molar-refractivity contribution >= 4 is 40.0 Å². The Bertz CT molecular complexity index is 2000. The SMILES string of the molecule is CC#CCn1c(N[C@@H]2CCCN(Sc3ccc(C)cc3)C2)nc2c1c(=O)n(Cc1nc(C)c3ccccc3n1)c(=O)n2C. The topological polar surface area (TPSA) is 103 Å². The van der Waals surface area contributed by atoms with Crippen molar-refractivity contribution in [2.24, 2.45) is 7.05 Å². The highest BCUT2D eigenvalue weighted by Gasteiger charge is 2.25. The van der Waals surface area contributed by atoms with E-state index in [0.717, 1.165) is 42.5 Å². The largest absolute Gasteiger partial charge is 0.351 e. The number of aromatic nitrogens is 6. The van der Waals surface area contributed by atoms with Gasteiger partial charge in [0.05, 0.1) is 18.6 Å². The molecule has 1 aliphatic heterocycles. The molecule has 5 aromatic rings. The Labute approximate surface area is 253 Å². The number of piperidine rings is 1. The predicted octanol–water partition coefficient (Wildman–Crippen LogP) is 4.11. The Hall–Kier alpha value is -4.40. The standard InChI is InChI=1S/C32H34N8O2S/c1-5-6-18-39-28-29(36-31(39)34-23-10-9-17-38(19-23)43-24-15-13-21(2)14-16-24)37(4)32(42)40(30(28)41)20-27-33-22(3)25-11-7-8-12-26(25)35-27/h7-8,11-16,23H,9-10,17-20H2,1-4H3,(H,34,36)/t23-/m1/s1. The van der Waals surface area contributed by atoms with Crippen LogP contribution in [0, 0.1) is 25.7 Å². The van der Waals surface area contributed by atoms with Crippen molar-refractivity contribution in [1.82, 2.24) is 33.0 Å². The van der Waals surface area contributed by atoms with E-state index in [0.29, 0.717) is 22.9 Å². The van der Waals surface area contributed by atoms with Gasteiger partial charge in [0.25, 0.3) is 5.56 Å². The van der Waals surface area contributed by atoms with Crippen LogP contribution in [-0.2, 0) is 20.1 Å². The van der Waals surface area contributed by atoms with Crippen molar-refractivity contribution in [3.8, 4) is 11.8 Å². The van der Waals surface area contributed by atoms with E-state index >= 15 is 0 Å². The maximum Gasteiger partial charge on any atom is 0.332 e. The third-order valence-electron chi connectivity index (χ3n) is 7.76. The average molecular weight is 595 g/mol. The zero-order chi connectivity index (χ0) is 30.1. The van der Waals surface area contributed by atoms with Gasteiger partial charge in [-0.1, -0.05) is 41.8 Å². The summed E-state index contributed by atoms with van der Waals surface area (Å²) in [6, 6.07) is 16.4. The quantitative estimate of drug-likeness (QED) is 0.222. The van der Waals surface area contributed by atoms with E-state index in [1.54, 1.807) is 30.5 Å². The Morgan fingerprint density at radius 1 is 1.02 bits per heavy atom. The monoisotopic (exact) mass is 594 g/mol. The first-order chi connectivity index (χ1) is 20.8. The second-order valence-electron chi connectivity index (χ2n) is 10.9. The highest BCUT2D eigenvalue weighted by Crippen LogP contribution is 2.28. The second-order valence-corrected chi connectivity index (χ2v) is 12.0. The van der Waals surface area contributed by atoms with Crippen molar-refractivity contribution in [3.63, 3.8) is 0 Å². The lowest BCUT2D eigenvalue weighted by molar-refractivity contribution is 0.354. The predicted molar refractivity (Wildman–Crippen MR) is 171 cm³/mol. The van der Waals surface area contributed by atoms with E-state index in [4.69, 9.17) is 4.98 Å². The number of imidazole rings is 1. The summed E-state index contributed by atoms with van der Waals surface area (Å²) in [5, 5.41) is 4.52. The first kappa shape index (κ1) is 28.7. The molecule has 3 aromatic heterocycles. The van der Waals surface area contributed by atoms with Gasteiger partial charge < -0.3 is 5.32 Å². The molecule has 1 atom stereocenters. The van der Waals surface area contributed by atoms with Gasteiger partial charge in [0.2, 0.25) is 5.95 Å². The van der Waals surface area contributed by atoms with Crippen molar-refractivity contribution in [1.29, 1.82) is 0 Å². The van der Waals surface area contributed by atoms with Gasteiger partial charge in [-0.05, 0) is 63.8 Å². The van der Waals surface area contributed by atoms with Crippen LogP contribution < -0.4 is 16.6 Å². The molecule has 0 aliphatic carbocycles. The van der Waals surface area contributed by atoms with Crippen LogP contribution in [0.25, 0.3) is 22.1 Å². The lowest BCUT2D eigenvalue weighted by atomic mass is 10.1. The molecule has 4 heterocycles. The summed E-state index contributed by atoms with van der Waals surface area (Å²) in [5.41, 5.74) is 2.55. The molecule has 11 heteroatoms. The fraction of sp³-hybridized carbons (Fsp3) is 0.344. The van der Waals surface area contributed by atoms with Gasteiger partial charge >= 0.3 is 5.69 Å². The van der Waals surface area contributed by atoms with E-state index in [-0.39, 0.29) is 19.1 Å². The van der Waals surface area contributed by atoms with Gasteiger partial charge in [0.1, 0.15) is 5.82 Å². The van der Waals surface area contributed by atoms with Crippen molar-refractivity contribution in [2.75, 3.05) is 18.4 Å². The molecule has 2 aromatic carbocycles. The van der Waals surface area contributed by atoms with Crippen LogP contribution in [0.1, 0.15) is 36.8 Å². The molecule has 43 heavy (non-hydrogen) atoms. The third kappa shape index (κ3) is 5.81. The molecule has 0 unspecified atom stereocenters. The lowest BCUT2D eigenvalue weighted by Gasteiger charge is -2.32. The van der Waals surface area contributed by atoms with Crippen molar-refractivity contribution < 1.29 is 0 Å². The molecular weight excluding hydrogens is 560 g/mol. The highest BCUT2D eigenvalue weighted by molar-refractivity contribution is 7.97. The molecule has 0 amide bonds. The fourth-order valence-corrected chi connectivity index (χ4v) is 6.55. The number of rotatable bonds is 7.